The quantitative estimate of drug-likeness (QED) is 0.601. The predicted octanol–water partition coefficient (Wildman–Crippen LogP) is 4.77. The maximum Gasteiger partial charge on any atom is 0.224 e. The van der Waals surface area contributed by atoms with Crippen LogP contribution in [0.1, 0.15) is 25.6 Å². The molecule has 1 aromatic heterocycles. The average Bonchev–Trinajstić information content (AvgIpc) is 2.38. The van der Waals surface area contributed by atoms with E-state index in [-0.39, 0.29) is 5.92 Å². The van der Waals surface area contributed by atoms with Gasteiger partial charge in [-0.2, -0.15) is 4.98 Å². The highest BCUT2D eigenvalue weighted by molar-refractivity contribution is 7.98. The van der Waals surface area contributed by atoms with Gasteiger partial charge in [0.15, 0.2) is 0 Å². The van der Waals surface area contributed by atoms with Crippen molar-refractivity contribution in [2.24, 2.45) is 0 Å². The van der Waals surface area contributed by atoms with E-state index in [0.717, 1.165) is 10.6 Å². The Balaban J connectivity index is 2.32. The average molecular weight is 295 g/mol. The second kappa shape index (κ2) is 6.26. The van der Waals surface area contributed by atoms with Gasteiger partial charge in [0.2, 0.25) is 5.88 Å². The molecule has 0 aliphatic rings. The number of ether oxygens (including phenoxy) is 1. The number of halogens is 1. The fourth-order valence-corrected chi connectivity index (χ4v) is 2.25. The van der Waals surface area contributed by atoms with Crippen LogP contribution < -0.4 is 4.74 Å². The van der Waals surface area contributed by atoms with E-state index < -0.39 is 0 Å². The highest BCUT2D eigenvalue weighted by Crippen LogP contribution is 2.31. The van der Waals surface area contributed by atoms with Crippen molar-refractivity contribution in [1.29, 1.82) is 0 Å². The van der Waals surface area contributed by atoms with Crippen LogP contribution in [0.15, 0.2) is 35.2 Å². The Bertz CT molecular complexity index is 575. The molecule has 0 amide bonds. The molecule has 0 N–H and O–H groups in total. The predicted molar refractivity (Wildman–Crippen MR) is 79.4 cm³/mol. The summed E-state index contributed by atoms with van der Waals surface area (Å²) in [6, 6.07) is 9.46. The summed E-state index contributed by atoms with van der Waals surface area (Å²) in [7, 11) is 0. The zero-order valence-electron chi connectivity index (χ0n) is 11.1. The molecule has 0 atom stereocenters. The van der Waals surface area contributed by atoms with Gasteiger partial charge in [-0.15, -0.1) is 11.8 Å². The number of para-hydroxylation sites is 1. The van der Waals surface area contributed by atoms with Gasteiger partial charge in [-0.25, -0.2) is 4.98 Å². The van der Waals surface area contributed by atoms with Crippen molar-refractivity contribution >= 4 is 23.4 Å². The van der Waals surface area contributed by atoms with Crippen molar-refractivity contribution in [2.45, 2.75) is 24.7 Å². The zero-order chi connectivity index (χ0) is 13.8. The molecular weight excluding hydrogens is 280 g/mol. The Hall–Kier alpha value is -1.26. The Labute approximate surface area is 122 Å². The van der Waals surface area contributed by atoms with Gasteiger partial charge in [0.25, 0.3) is 0 Å². The minimum Gasteiger partial charge on any atom is -0.438 e. The largest absolute Gasteiger partial charge is 0.438 e. The van der Waals surface area contributed by atoms with Crippen LogP contribution in [-0.4, -0.2) is 16.2 Å². The fourth-order valence-electron chi connectivity index (χ4n) is 1.54. The summed E-state index contributed by atoms with van der Waals surface area (Å²) >= 11 is 7.63. The molecule has 3 nitrogen and oxygen atoms in total. The first-order chi connectivity index (χ1) is 9.10. The van der Waals surface area contributed by atoms with Crippen molar-refractivity contribution in [3.8, 4) is 11.6 Å². The molecule has 5 heteroatoms. The number of benzene rings is 1. The summed E-state index contributed by atoms with van der Waals surface area (Å²) in [6.07, 6.45) is 2.01. The molecule has 1 heterocycles. The van der Waals surface area contributed by atoms with Crippen LogP contribution in [0, 0.1) is 0 Å². The highest BCUT2D eigenvalue weighted by Gasteiger charge is 2.10. The molecule has 0 spiro atoms. The number of thioether (sulfide) groups is 1. The molecule has 0 saturated heterocycles. The van der Waals surface area contributed by atoms with E-state index in [4.69, 9.17) is 16.3 Å². The van der Waals surface area contributed by atoms with Gasteiger partial charge in [-0.3, -0.25) is 0 Å². The minimum absolute atomic E-state index is 0.205. The summed E-state index contributed by atoms with van der Waals surface area (Å²) in [5, 5.41) is 0.398. The van der Waals surface area contributed by atoms with Gasteiger partial charge in [-0.1, -0.05) is 37.6 Å². The van der Waals surface area contributed by atoms with Crippen LogP contribution in [0.25, 0.3) is 0 Å². The molecule has 0 fully saturated rings. The molecule has 19 heavy (non-hydrogen) atoms. The Morgan fingerprint density at radius 1 is 1.21 bits per heavy atom. The Kier molecular flexibility index (Phi) is 4.66. The summed E-state index contributed by atoms with van der Waals surface area (Å²) in [4.78, 5) is 9.62. The van der Waals surface area contributed by atoms with Crippen LogP contribution in [0.3, 0.4) is 0 Å². The smallest absolute Gasteiger partial charge is 0.224 e. The second-order valence-corrected chi connectivity index (χ2v) is 5.53. The third kappa shape index (κ3) is 3.61. The van der Waals surface area contributed by atoms with Crippen LogP contribution in [0.4, 0.5) is 0 Å². The molecule has 0 saturated carbocycles. The maximum absolute atomic E-state index is 6.00. The van der Waals surface area contributed by atoms with E-state index in [1.807, 2.05) is 44.4 Å². The Morgan fingerprint density at radius 2 is 1.95 bits per heavy atom. The van der Waals surface area contributed by atoms with Crippen LogP contribution in [0.5, 0.6) is 11.6 Å². The highest BCUT2D eigenvalue weighted by atomic mass is 35.5. The van der Waals surface area contributed by atoms with Gasteiger partial charge in [0.05, 0.1) is 0 Å². The lowest BCUT2D eigenvalue weighted by Crippen LogP contribution is -2.00. The molecule has 0 radical (unpaired) electrons. The molecule has 2 aromatic rings. The SMILES string of the molecule is CSc1ccccc1Oc1cc(Cl)nc(C(C)C)n1. The second-order valence-electron chi connectivity index (χ2n) is 4.29. The van der Waals surface area contributed by atoms with Crippen molar-refractivity contribution in [1.82, 2.24) is 9.97 Å². The monoisotopic (exact) mass is 294 g/mol. The van der Waals surface area contributed by atoms with E-state index >= 15 is 0 Å². The van der Waals surface area contributed by atoms with Gasteiger partial charge < -0.3 is 4.74 Å². The first-order valence-corrected chi connectivity index (χ1v) is 7.55. The van der Waals surface area contributed by atoms with Gasteiger partial charge >= 0.3 is 0 Å². The minimum atomic E-state index is 0.205. The van der Waals surface area contributed by atoms with E-state index in [1.54, 1.807) is 17.8 Å². The van der Waals surface area contributed by atoms with Gasteiger partial charge in [0, 0.05) is 16.9 Å². The standard InChI is InChI=1S/C14H15ClN2OS/c1-9(2)14-16-12(15)8-13(17-14)18-10-6-4-5-7-11(10)19-3/h4-9H,1-3H3. The van der Waals surface area contributed by atoms with Crippen molar-refractivity contribution < 1.29 is 4.74 Å². The molecular formula is C14H15ClN2OS. The van der Waals surface area contributed by atoms with Crippen molar-refractivity contribution in [2.75, 3.05) is 6.26 Å². The van der Waals surface area contributed by atoms with Crippen LogP contribution in [-0.2, 0) is 0 Å². The van der Waals surface area contributed by atoms with Crippen molar-refractivity contribution in [3.63, 3.8) is 0 Å². The fraction of sp³-hybridized carbons (Fsp3) is 0.286. The van der Waals surface area contributed by atoms with Gasteiger partial charge in [0.1, 0.15) is 16.7 Å². The zero-order valence-corrected chi connectivity index (χ0v) is 12.6. The summed E-state index contributed by atoms with van der Waals surface area (Å²) in [5.74, 6) is 2.14. The third-order valence-corrected chi connectivity index (χ3v) is 3.46. The molecule has 0 bridgehead atoms. The van der Waals surface area contributed by atoms with Crippen LogP contribution >= 0.6 is 23.4 Å². The van der Waals surface area contributed by atoms with Crippen molar-refractivity contribution in [3.05, 3.63) is 41.3 Å². The van der Waals surface area contributed by atoms with E-state index in [9.17, 15) is 0 Å². The topological polar surface area (TPSA) is 35.0 Å². The molecule has 100 valence electrons. The summed E-state index contributed by atoms with van der Waals surface area (Å²) in [5.41, 5.74) is 0. The number of aromatic nitrogens is 2. The third-order valence-electron chi connectivity index (χ3n) is 2.49. The molecule has 1 aromatic carbocycles. The van der Waals surface area contributed by atoms with E-state index in [2.05, 4.69) is 9.97 Å². The summed E-state index contributed by atoms with van der Waals surface area (Å²) in [6.45, 7) is 4.04. The normalized spacial score (nSPS) is 10.8. The lowest BCUT2D eigenvalue weighted by atomic mass is 10.2. The first-order valence-electron chi connectivity index (χ1n) is 5.95. The number of hydrogen-bond donors (Lipinski definition) is 0. The van der Waals surface area contributed by atoms with E-state index in [0.29, 0.717) is 16.9 Å². The summed E-state index contributed by atoms with van der Waals surface area (Å²) < 4.78 is 5.82. The molecule has 0 unspecified atom stereocenters. The lowest BCUT2D eigenvalue weighted by Gasteiger charge is -2.10. The van der Waals surface area contributed by atoms with Crippen LogP contribution in [0.2, 0.25) is 5.15 Å². The van der Waals surface area contributed by atoms with Gasteiger partial charge in [-0.05, 0) is 18.4 Å². The molecule has 2 rings (SSSR count). The van der Waals surface area contributed by atoms with E-state index in [1.165, 1.54) is 0 Å². The molecule has 0 aliphatic carbocycles. The number of rotatable bonds is 4. The number of nitrogens with zero attached hydrogens (tertiary/aromatic N) is 2. The number of hydrogen-bond acceptors (Lipinski definition) is 4. The first kappa shape index (κ1) is 14.2. The lowest BCUT2D eigenvalue weighted by molar-refractivity contribution is 0.446. The Morgan fingerprint density at radius 3 is 2.63 bits per heavy atom. The maximum atomic E-state index is 6.00. The molecule has 0 aliphatic heterocycles.